The third kappa shape index (κ3) is 4.44. The van der Waals surface area contributed by atoms with Gasteiger partial charge in [-0.2, -0.15) is 0 Å². The summed E-state index contributed by atoms with van der Waals surface area (Å²) in [5, 5.41) is 3.08. The molecule has 0 amide bonds. The van der Waals surface area contributed by atoms with Crippen molar-refractivity contribution in [3.8, 4) is 5.88 Å². The zero-order chi connectivity index (χ0) is 10.9. The fourth-order valence-corrected chi connectivity index (χ4v) is 1.01. The molecule has 15 heavy (non-hydrogen) atoms. The normalized spacial score (nSPS) is 9.67. The first-order valence-electron chi connectivity index (χ1n) is 5.16. The summed E-state index contributed by atoms with van der Waals surface area (Å²) in [6, 6.07) is 1.79. The van der Waals surface area contributed by atoms with Crippen LogP contribution in [0.5, 0.6) is 5.88 Å². The molecule has 1 aromatic rings. The van der Waals surface area contributed by atoms with Crippen LogP contribution < -0.4 is 10.1 Å². The molecule has 0 fully saturated rings. The van der Waals surface area contributed by atoms with Crippen LogP contribution in [-0.4, -0.2) is 23.1 Å². The number of hydrogen-bond acceptors (Lipinski definition) is 4. The summed E-state index contributed by atoms with van der Waals surface area (Å²) in [6.45, 7) is 7.14. The van der Waals surface area contributed by atoms with E-state index in [1.807, 2.05) is 0 Å². The van der Waals surface area contributed by atoms with Crippen molar-refractivity contribution < 1.29 is 4.74 Å². The Morgan fingerprint density at radius 3 is 3.13 bits per heavy atom. The van der Waals surface area contributed by atoms with E-state index in [1.165, 1.54) is 6.33 Å². The van der Waals surface area contributed by atoms with Gasteiger partial charge < -0.3 is 10.1 Å². The molecule has 4 nitrogen and oxygen atoms in total. The third-order valence-electron chi connectivity index (χ3n) is 1.82. The average molecular weight is 207 g/mol. The number of anilines is 1. The Hall–Kier alpha value is -1.58. The molecule has 0 atom stereocenters. The van der Waals surface area contributed by atoms with Crippen molar-refractivity contribution in [1.29, 1.82) is 0 Å². The van der Waals surface area contributed by atoms with Gasteiger partial charge in [-0.05, 0) is 6.42 Å². The second kappa shape index (κ2) is 6.81. The molecule has 0 bridgehead atoms. The molecule has 0 saturated heterocycles. The lowest BCUT2D eigenvalue weighted by Crippen LogP contribution is -2.03. The summed E-state index contributed by atoms with van der Waals surface area (Å²) >= 11 is 0. The summed E-state index contributed by atoms with van der Waals surface area (Å²) in [7, 11) is 0. The van der Waals surface area contributed by atoms with Gasteiger partial charge >= 0.3 is 0 Å². The maximum Gasteiger partial charge on any atom is 0.218 e. The van der Waals surface area contributed by atoms with E-state index in [4.69, 9.17) is 4.74 Å². The fraction of sp³-hybridized carbons (Fsp3) is 0.455. The highest BCUT2D eigenvalue weighted by molar-refractivity contribution is 5.37. The van der Waals surface area contributed by atoms with Crippen LogP contribution >= 0.6 is 0 Å². The minimum absolute atomic E-state index is 0.616. The minimum Gasteiger partial charge on any atom is -0.478 e. The highest BCUT2D eigenvalue weighted by atomic mass is 16.5. The quantitative estimate of drug-likeness (QED) is 0.550. The predicted octanol–water partition coefficient (Wildman–Crippen LogP) is 2.25. The van der Waals surface area contributed by atoms with E-state index < -0.39 is 0 Å². The van der Waals surface area contributed by atoms with Crippen molar-refractivity contribution in [3.05, 3.63) is 25.0 Å². The topological polar surface area (TPSA) is 47.0 Å². The molecular formula is C11H17N3O. The van der Waals surface area contributed by atoms with Crippen LogP contribution in [0.2, 0.25) is 0 Å². The number of rotatable bonds is 7. The first-order valence-corrected chi connectivity index (χ1v) is 5.16. The molecule has 1 N–H and O–H groups in total. The van der Waals surface area contributed by atoms with Gasteiger partial charge in [-0.3, -0.25) is 0 Å². The van der Waals surface area contributed by atoms with Crippen LogP contribution in [-0.2, 0) is 0 Å². The van der Waals surface area contributed by atoms with Crippen LogP contribution in [0, 0.1) is 0 Å². The van der Waals surface area contributed by atoms with Crippen molar-refractivity contribution in [2.75, 3.05) is 18.5 Å². The van der Waals surface area contributed by atoms with E-state index in [0.29, 0.717) is 19.0 Å². The standard InChI is InChI=1S/C11H17N3O/c1-3-5-7-15-11-8-10(12-6-4-2)13-9-14-11/h4,8-9H,2-3,5-7H2,1H3,(H,12,13,14). The van der Waals surface area contributed by atoms with E-state index in [0.717, 1.165) is 18.7 Å². The molecule has 0 aromatic carbocycles. The van der Waals surface area contributed by atoms with Crippen LogP contribution in [0.15, 0.2) is 25.0 Å². The Balaban J connectivity index is 2.46. The van der Waals surface area contributed by atoms with Crippen molar-refractivity contribution in [2.45, 2.75) is 19.8 Å². The number of ether oxygens (including phenoxy) is 1. The molecule has 1 rings (SSSR count). The predicted molar refractivity (Wildman–Crippen MR) is 61.1 cm³/mol. The molecule has 4 heteroatoms. The third-order valence-corrected chi connectivity index (χ3v) is 1.82. The van der Waals surface area contributed by atoms with Gasteiger partial charge in [-0.25, -0.2) is 9.97 Å². The molecule has 82 valence electrons. The molecule has 0 aliphatic rings. The maximum atomic E-state index is 5.45. The van der Waals surface area contributed by atoms with Gasteiger partial charge in [-0.1, -0.05) is 19.4 Å². The van der Waals surface area contributed by atoms with Crippen LogP contribution in [0.25, 0.3) is 0 Å². The summed E-state index contributed by atoms with van der Waals surface area (Å²) in [6.07, 6.45) is 5.43. The van der Waals surface area contributed by atoms with E-state index >= 15 is 0 Å². The molecular weight excluding hydrogens is 190 g/mol. The number of unbranched alkanes of at least 4 members (excludes halogenated alkanes) is 1. The van der Waals surface area contributed by atoms with Gasteiger partial charge in [0, 0.05) is 12.6 Å². The highest BCUT2D eigenvalue weighted by Gasteiger charge is 1.97. The van der Waals surface area contributed by atoms with Crippen LogP contribution in [0.1, 0.15) is 19.8 Å². The molecule has 0 saturated carbocycles. The molecule has 0 aliphatic heterocycles. The molecule has 1 heterocycles. The highest BCUT2D eigenvalue weighted by Crippen LogP contribution is 2.10. The van der Waals surface area contributed by atoms with Crippen LogP contribution in [0.3, 0.4) is 0 Å². The molecule has 1 aromatic heterocycles. The van der Waals surface area contributed by atoms with E-state index in [9.17, 15) is 0 Å². The Kier molecular flexibility index (Phi) is 5.22. The van der Waals surface area contributed by atoms with E-state index in [1.54, 1.807) is 12.1 Å². The fourth-order valence-electron chi connectivity index (χ4n) is 1.01. The molecule has 0 unspecified atom stereocenters. The second-order valence-electron chi connectivity index (χ2n) is 3.11. The SMILES string of the molecule is C=CCNc1cc(OCCCC)ncn1. The van der Waals surface area contributed by atoms with Gasteiger partial charge in [-0.15, -0.1) is 6.58 Å². The van der Waals surface area contributed by atoms with Crippen molar-refractivity contribution >= 4 is 5.82 Å². The second-order valence-corrected chi connectivity index (χ2v) is 3.11. The number of hydrogen-bond donors (Lipinski definition) is 1. The monoisotopic (exact) mass is 207 g/mol. The molecule has 0 aliphatic carbocycles. The maximum absolute atomic E-state index is 5.45. The number of nitrogens with zero attached hydrogens (tertiary/aromatic N) is 2. The van der Waals surface area contributed by atoms with Crippen molar-refractivity contribution in [1.82, 2.24) is 9.97 Å². The Bertz CT molecular complexity index is 302. The first kappa shape index (κ1) is 11.5. The van der Waals surface area contributed by atoms with Crippen molar-refractivity contribution in [3.63, 3.8) is 0 Å². The Morgan fingerprint density at radius 2 is 2.40 bits per heavy atom. The molecule has 0 spiro atoms. The smallest absolute Gasteiger partial charge is 0.218 e. The Labute approximate surface area is 90.4 Å². The van der Waals surface area contributed by atoms with E-state index in [2.05, 4.69) is 28.8 Å². The lowest BCUT2D eigenvalue weighted by atomic mass is 10.4. The zero-order valence-electron chi connectivity index (χ0n) is 9.07. The van der Waals surface area contributed by atoms with Crippen LogP contribution in [0.4, 0.5) is 5.82 Å². The summed E-state index contributed by atoms with van der Waals surface area (Å²) in [5.41, 5.74) is 0. The lowest BCUT2D eigenvalue weighted by Gasteiger charge is -2.06. The van der Waals surface area contributed by atoms with Gasteiger partial charge in [0.25, 0.3) is 0 Å². The van der Waals surface area contributed by atoms with E-state index in [-0.39, 0.29) is 0 Å². The van der Waals surface area contributed by atoms with Gasteiger partial charge in [0.15, 0.2) is 0 Å². The Morgan fingerprint density at radius 1 is 1.53 bits per heavy atom. The number of aromatic nitrogens is 2. The summed E-state index contributed by atoms with van der Waals surface area (Å²) < 4.78 is 5.45. The van der Waals surface area contributed by atoms with Gasteiger partial charge in [0.05, 0.1) is 6.61 Å². The first-order chi connectivity index (χ1) is 7.36. The molecule has 0 radical (unpaired) electrons. The van der Waals surface area contributed by atoms with Gasteiger partial charge in [0.1, 0.15) is 12.1 Å². The summed E-state index contributed by atoms with van der Waals surface area (Å²) in [5.74, 6) is 1.38. The van der Waals surface area contributed by atoms with Gasteiger partial charge in [0.2, 0.25) is 5.88 Å². The summed E-state index contributed by atoms with van der Waals surface area (Å²) in [4.78, 5) is 8.08. The number of nitrogens with one attached hydrogen (secondary N) is 1. The van der Waals surface area contributed by atoms with Crippen molar-refractivity contribution in [2.24, 2.45) is 0 Å². The largest absolute Gasteiger partial charge is 0.478 e. The minimum atomic E-state index is 0.616. The lowest BCUT2D eigenvalue weighted by molar-refractivity contribution is 0.297. The average Bonchev–Trinajstić information content (AvgIpc) is 2.27. The zero-order valence-corrected chi connectivity index (χ0v) is 9.07.